The van der Waals surface area contributed by atoms with Crippen LogP contribution in [0.1, 0.15) is 50.8 Å². The Morgan fingerprint density at radius 1 is 0.816 bits per heavy atom. The van der Waals surface area contributed by atoms with Gasteiger partial charge in [0.25, 0.3) is 0 Å². The van der Waals surface area contributed by atoms with Gasteiger partial charge in [0.2, 0.25) is 0 Å². The molecule has 264 valence electrons. The SMILES string of the molecule is CCOC(=O)/C=C/[C@@H](C[C@@H](Cc1ccc(OC)cc1)O[Si](C)(C)C(C)(C)C)N(NC(=O)OCc1ccccc1)C(=O)OCc1ccccc1. The minimum absolute atomic E-state index is 0.0164. The Morgan fingerprint density at radius 3 is 1.92 bits per heavy atom. The van der Waals surface area contributed by atoms with E-state index in [4.69, 9.17) is 23.4 Å². The lowest BCUT2D eigenvalue weighted by atomic mass is 10.0. The fraction of sp³-hybridized carbons (Fsp3) is 0.395. The van der Waals surface area contributed by atoms with Crippen molar-refractivity contribution in [2.75, 3.05) is 13.7 Å². The molecule has 0 bridgehead atoms. The van der Waals surface area contributed by atoms with E-state index in [1.807, 2.05) is 84.9 Å². The van der Waals surface area contributed by atoms with Crippen molar-refractivity contribution in [3.05, 3.63) is 114 Å². The normalized spacial score (nSPS) is 12.9. The number of hydrazine groups is 1. The van der Waals surface area contributed by atoms with Gasteiger partial charge in [0.1, 0.15) is 19.0 Å². The van der Waals surface area contributed by atoms with Gasteiger partial charge in [-0.2, -0.15) is 0 Å². The topological polar surface area (TPSA) is 113 Å². The highest BCUT2D eigenvalue weighted by Crippen LogP contribution is 2.38. The molecule has 0 saturated carbocycles. The van der Waals surface area contributed by atoms with Crippen LogP contribution < -0.4 is 10.2 Å². The highest BCUT2D eigenvalue weighted by atomic mass is 28.4. The first-order valence-electron chi connectivity index (χ1n) is 16.4. The summed E-state index contributed by atoms with van der Waals surface area (Å²) in [5, 5.41) is 0.942. The summed E-state index contributed by atoms with van der Waals surface area (Å²) < 4.78 is 28.6. The Balaban J connectivity index is 1.99. The van der Waals surface area contributed by atoms with Crippen LogP contribution in [0.3, 0.4) is 0 Å². The quantitative estimate of drug-likeness (QED) is 0.0562. The maximum atomic E-state index is 13.8. The summed E-state index contributed by atoms with van der Waals surface area (Å²) in [6.07, 6.45) is 1.33. The van der Waals surface area contributed by atoms with Crippen LogP contribution in [0, 0.1) is 0 Å². The summed E-state index contributed by atoms with van der Waals surface area (Å²) in [6, 6.07) is 25.2. The summed E-state index contributed by atoms with van der Waals surface area (Å²) in [4.78, 5) is 39.6. The van der Waals surface area contributed by atoms with Gasteiger partial charge in [0.05, 0.1) is 25.9 Å². The number of nitrogens with zero attached hydrogens (tertiary/aromatic N) is 1. The zero-order valence-corrected chi connectivity index (χ0v) is 30.6. The number of nitrogens with one attached hydrogen (secondary N) is 1. The van der Waals surface area contributed by atoms with Crippen LogP contribution in [0.15, 0.2) is 97.1 Å². The number of hydrogen-bond donors (Lipinski definition) is 1. The summed E-state index contributed by atoms with van der Waals surface area (Å²) in [5.41, 5.74) is 5.12. The molecule has 0 heterocycles. The third kappa shape index (κ3) is 13.1. The molecule has 2 amide bonds. The number of methoxy groups -OCH3 is 1. The van der Waals surface area contributed by atoms with Crippen molar-refractivity contribution in [1.82, 2.24) is 10.4 Å². The summed E-state index contributed by atoms with van der Waals surface area (Å²) >= 11 is 0. The maximum Gasteiger partial charge on any atom is 0.429 e. The van der Waals surface area contributed by atoms with E-state index in [0.29, 0.717) is 6.42 Å². The number of amides is 2. The van der Waals surface area contributed by atoms with Gasteiger partial charge in [-0.1, -0.05) is 99.6 Å². The number of esters is 1. The number of hydrogen-bond acceptors (Lipinski definition) is 8. The van der Waals surface area contributed by atoms with Crippen molar-refractivity contribution in [1.29, 1.82) is 0 Å². The molecule has 10 nitrogen and oxygen atoms in total. The number of ether oxygens (including phenoxy) is 4. The molecular weight excluding hydrogens is 641 g/mol. The lowest BCUT2D eigenvalue weighted by molar-refractivity contribution is -0.137. The van der Waals surface area contributed by atoms with Gasteiger partial charge < -0.3 is 23.4 Å². The fourth-order valence-corrected chi connectivity index (χ4v) is 5.98. The molecule has 3 aromatic carbocycles. The second-order valence-corrected chi connectivity index (χ2v) is 17.8. The Morgan fingerprint density at radius 2 is 1.39 bits per heavy atom. The molecule has 3 rings (SSSR count). The summed E-state index contributed by atoms with van der Waals surface area (Å²) in [7, 11) is -0.741. The van der Waals surface area contributed by atoms with Crippen molar-refractivity contribution in [2.24, 2.45) is 0 Å². The molecule has 49 heavy (non-hydrogen) atoms. The molecule has 0 aliphatic carbocycles. The van der Waals surface area contributed by atoms with E-state index in [1.54, 1.807) is 14.0 Å². The van der Waals surface area contributed by atoms with Crippen LogP contribution in [-0.2, 0) is 43.1 Å². The van der Waals surface area contributed by atoms with Gasteiger partial charge in [0, 0.05) is 6.08 Å². The molecule has 2 atom stereocenters. The third-order valence-corrected chi connectivity index (χ3v) is 12.8. The minimum atomic E-state index is -2.35. The van der Waals surface area contributed by atoms with Crippen LogP contribution in [0.25, 0.3) is 0 Å². The average molecular weight is 691 g/mol. The Bertz CT molecular complexity index is 1490. The van der Waals surface area contributed by atoms with Gasteiger partial charge in [0.15, 0.2) is 8.32 Å². The smallest absolute Gasteiger partial charge is 0.429 e. The van der Waals surface area contributed by atoms with Gasteiger partial charge >= 0.3 is 18.2 Å². The zero-order valence-electron chi connectivity index (χ0n) is 29.6. The molecule has 0 saturated heterocycles. The molecular formula is C38H50N2O8Si. The van der Waals surface area contributed by atoms with E-state index in [1.165, 1.54) is 12.2 Å². The highest BCUT2D eigenvalue weighted by molar-refractivity contribution is 6.74. The van der Waals surface area contributed by atoms with Crippen LogP contribution in [0.2, 0.25) is 18.1 Å². The monoisotopic (exact) mass is 690 g/mol. The molecule has 1 N–H and O–H groups in total. The molecule has 0 unspecified atom stereocenters. The fourth-order valence-electron chi connectivity index (χ4n) is 4.62. The van der Waals surface area contributed by atoms with E-state index in [0.717, 1.165) is 27.4 Å². The molecule has 11 heteroatoms. The van der Waals surface area contributed by atoms with Gasteiger partial charge in [-0.3, -0.25) is 0 Å². The van der Waals surface area contributed by atoms with Crippen molar-refractivity contribution in [3.63, 3.8) is 0 Å². The molecule has 0 spiro atoms. The van der Waals surface area contributed by atoms with Crippen molar-refractivity contribution < 1.29 is 37.8 Å². The van der Waals surface area contributed by atoms with E-state index >= 15 is 0 Å². The largest absolute Gasteiger partial charge is 0.497 e. The second-order valence-electron chi connectivity index (χ2n) is 13.1. The van der Waals surface area contributed by atoms with E-state index in [-0.39, 0.29) is 31.3 Å². The lowest BCUT2D eigenvalue weighted by Gasteiger charge is -2.41. The van der Waals surface area contributed by atoms with Crippen LogP contribution in [0.4, 0.5) is 9.59 Å². The predicted molar refractivity (Wildman–Crippen MR) is 191 cm³/mol. The lowest BCUT2D eigenvalue weighted by Crippen LogP contribution is -2.53. The third-order valence-electron chi connectivity index (χ3n) is 8.29. The van der Waals surface area contributed by atoms with Gasteiger partial charge in [-0.05, 0) is 66.7 Å². The van der Waals surface area contributed by atoms with E-state index in [9.17, 15) is 14.4 Å². The molecule has 0 radical (unpaired) electrons. The van der Waals surface area contributed by atoms with Crippen molar-refractivity contribution in [2.45, 2.75) is 84.0 Å². The molecule has 0 aromatic heterocycles. The van der Waals surface area contributed by atoms with Crippen LogP contribution in [0.5, 0.6) is 5.75 Å². The molecule has 0 aliphatic rings. The number of carbonyl (C=O) groups is 3. The van der Waals surface area contributed by atoms with E-state index in [2.05, 4.69) is 39.3 Å². The standard InChI is InChI=1S/C38H50N2O8Si/c1-8-45-35(41)24-21-32(26-34(48-49(6,7)38(2,3)4)25-29-19-22-33(44-5)23-20-29)40(37(43)47-28-31-17-13-10-14-18-31)39-36(42)46-27-30-15-11-9-12-16-30/h9-24,32,34H,8,25-28H2,1-7H3,(H,39,42)/b24-21+/t32-,34+/m0/s1. The molecule has 3 aromatic rings. The number of rotatable bonds is 15. The Labute approximate surface area is 291 Å². The first kappa shape index (κ1) is 38.8. The maximum absolute atomic E-state index is 13.8. The van der Waals surface area contributed by atoms with Crippen molar-refractivity contribution >= 4 is 26.5 Å². The second kappa shape index (κ2) is 18.8. The first-order chi connectivity index (χ1) is 23.3. The number of benzene rings is 3. The zero-order chi connectivity index (χ0) is 35.9. The first-order valence-corrected chi connectivity index (χ1v) is 19.3. The molecule has 0 aliphatic heterocycles. The van der Waals surface area contributed by atoms with Crippen molar-refractivity contribution in [3.8, 4) is 5.75 Å². The average Bonchev–Trinajstić information content (AvgIpc) is 3.07. The molecule has 0 fully saturated rings. The summed E-state index contributed by atoms with van der Waals surface area (Å²) in [6.45, 7) is 12.6. The highest BCUT2D eigenvalue weighted by Gasteiger charge is 2.40. The minimum Gasteiger partial charge on any atom is -0.497 e. The van der Waals surface area contributed by atoms with E-state index < -0.39 is 38.6 Å². The van der Waals surface area contributed by atoms with Gasteiger partial charge in [-0.25, -0.2) is 24.8 Å². The number of carbonyl (C=O) groups excluding carboxylic acids is 3. The Kier molecular flexibility index (Phi) is 14.9. The predicted octanol–water partition coefficient (Wildman–Crippen LogP) is 7.99. The van der Waals surface area contributed by atoms with Crippen LogP contribution in [-0.4, -0.2) is 57.3 Å². The van der Waals surface area contributed by atoms with Crippen LogP contribution >= 0.6 is 0 Å². The van der Waals surface area contributed by atoms with Gasteiger partial charge in [-0.15, -0.1) is 0 Å². The summed E-state index contributed by atoms with van der Waals surface area (Å²) in [5.74, 6) is 0.139. The Hall–Kier alpha value is -4.61.